The standard InChI is InChI=1S/C22H27N3O3/c1-3-14-27-17-9-11-18(12-10-17)28-15-13-25(4-2)16-21-23-20-8-6-5-7-19(20)22(26)24-21/h5-12H,3-4,13-16H2,1-2H3,(H,23,24,26)/p+1. The van der Waals surface area contributed by atoms with Gasteiger partial charge in [0.25, 0.3) is 5.56 Å². The van der Waals surface area contributed by atoms with Gasteiger partial charge < -0.3 is 19.4 Å². The lowest BCUT2D eigenvalue weighted by molar-refractivity contribution is -0.912. The number of hydrogen-bond acceptors (Lipinski definition) is 4. The molecule has 1 aromatic heterocycles. The number of para-hydroxylation sites is 1. The number of likely N-dealkylation sites (N-methyl/N-ethyl adjacent to an activating group) is 1. The van der Waals surface area contributed by atoms with Crippen molar-refractivity contribution < 1.29 is 14.4 Å². The molecule has 148 valence electrons. The van der Waals surface area contributed by atoms with E-state index in [4.69, 9.17) is 9.47 Å². The fourth-order valence-corrected chi connectivity index (χ4v) is 3.01. The van der Waals surface area contributed by atoms with E-state index >= 15 is 0 Å². The molecule has 0 spiro atoms. The van der Waals surface area contributed by atoms with Crippen molar-refractivity contribution >= 4 is 10.9 Å². The molecule has 1 heterocycles. The van der Waals surface area contributed by atoms with Gasteiger partial charge in [-0.2, -0.15) is 0 Å². The largest absolute Gasteiger partial charge is 0.494 e. The summed E-state index contributed by atoms with van der Waals surface area (Å²) in [6.07, 6.45) is 0.991. The highest BCUT2D eigenvalue weighted by Gasteiger charge is 2.11. The third-order valence-corrected chi connectivity index (χ3v) is 4.60. The number of hydrogen-bond donors (Lipinski definition) is 2. The Morgan fingerprint density at radius 2 is 1.64 bits per heavy atom. The molecule has 3 rings (SSSR count). The molecule has 0 fully saturated rings. The average molecular weight is 382 g/mol. The van der Waals surface area contributed by atoms with Gasteiger partial charge in [-0.3, -0.25) is 4.79 Å². The number of quaternary nitrogens is 1. The molecule has 0 radical (unpaired) electrons. The third-order valence-electron chi connectivity index (χ3n) is 4.60. The SMILES string of the molecule is CCCOc1ccc(OCC[NH+](CC)Cc2nc3ccccc3c(=O)[nH]2)cc1. The molecule has 28 heavy (non-hydrogen) atoms. The van der Waals surface area contributed by atoms with E-state index < -0.39 is 0 Å². The van der Waals surface area contributed by atoms with E-state index in [0.29, 0.717) is 24.4 Å². The van der Waals surface area contributed by atoms with Crippen LogP contribution in [0.15, 0.2) is 53.3 Å². The second kappa shape index (κ2) is 9.90. The summed E-state index contributed by atoms with van der Waals surface area (Å²) in [6.45, 7) is 7.92. The zero-order valence-corrected chi connectivity index (χ0v) is 16.5. The summed E-state index contributed by atoms with van der Waals surface area (Å²) in [5.41, 5.74) is 0.649. The predicted molar refractivity (Wildman–Crippen MR) is 110 cm³/mol. The minimum absolute atomic E-state index is 0.0855. The van der Waals surface area contributed by atoms with E-state index in [0.717, 1.165) is 43.1 Å². The molecule has 0 aliphatic carbocycles. The number of aromatic nitrogens is 2. The molecule has 1 unspecified atom stereocenters. The molecule has 6 heteroatoms. The van der Waals surface area contributed by atoms with Crippen molar-refractivity contribution in [3.05, 3.63) is 64.7 Å². The van der Waals surface area contributed by atoms with Crippen molar-refractivity contribution in [1.29, 1.82) is 0 Å². The Labute approximate surface area is 165 Å². The van der Waals surface area contributed by atoms with Gasteiger partial charge in [-0.1, -0.05) is 19.1 Å². The van der Waals surface area contributed by atoms with Gasteiger partial charge in [-0.15, -0.1) is 0 Å². The Kier molecular flexibility index (Phi) is 7.03. The van der Waals surface area contributed by atoms with E-state index in [2.05, 4.69) is 23.8 Å². The molecule has 0 aliphatic heterocycles. The molecule has 6 nitrogen and oxygen atoms in total. The molecular formula is C22H28N3O3+. The Bertz CT molecular complexity index is 938. The van der Waals surface area contributed by atoms with Crippen molar-refractivity contribution in [2.75, 3.05) is 26.3 Å². The van der Waals surface area contributed by atoms with Gasteiger partial charge >= 0.3 is 0 Å². The van der Waals surface area contributed by atoms with Crippen LogP contribution >= 0.6 is 0 Å². The number of fused-ring (bicyclic) bond motifs is 1. The minimum Gasteiger partial charge on any atom is -0.494 e. The average Bonchev–Trinajstić information content (AvgIpc) is 2.72. The van der Waals surface area contributed by atoms with E-state index in [1.807, 2.05) is 42.5 Å². The number of H-pyrrole nitrogens is 1. The summed E-state index contributed by atoms with van der Waals surface area (Å²) >= 11 is 0. The van der Waals surface area contributed by atoms with Gasteiger partial charge in [0.05, 0.1) is 24.1 Å². The van der Waals surface area contributed by atoms with Crippen LogP contribution in [0.2, 0.25) is 0 Å². The summed E-state index contributed by atoms with van der Waals surface area (Å²) in [4.78, 5) is 21.0. The number of rotatable bonds is 10. The summed E-state index contributed by atoms with van der Waals surface area (Å²) in [5, 5.41) is 0.624. The summed E-state index contributed by atoms with van der Waals surface area (Å²) in [7, 11) is 0. The first-order valence-corrected chi connectivity index (χ1v) is 9.86. The molecule has 1 atom stereocenters. The first-order chi connectivity index (χ1) is 13.7. The van der Waals surface area contributed by atoms with Crippen LogP contribution in [0.3, 0.4) is 0 Å². The van der Waals surface area contributed by atoms with Crippen LogP contribution in [0.5, 0.6) is 11.5 Å². The van der Waals surface area contributed by atoms with Gasteiger partial charge in [0.1, 0.15) is 31.2 Å². The predicted octanol–water partition coefficient (Wildman–Crippen LogP) is 2.20. The molecule has 0 saturated carbocycles. The number of aromatic amines is 1. The lowest BCUT2D eigenvalue weighted by Crippen LogP contribution is -3.11. The fraction of sp³-hybridized carbons (Fsp3) is 0.364. The molecule has 2 aromatic carbocycles. The molecule has 0 aliphatic rings. The Hall–Kier alpha value is -2.86. The van der Waals surface area contributed by atoms with Crippen molar-refractivity contribution in [1.82, 2.24) is 9.97 Å². The van der Waals surface area contributed by atoms with E-state index in [-0.39, 0.29) is 5.56 Å². The Balaban J connectivity index is 1.54. The second-order valence-corrected chi connectivity index (χ2v) is 6.73. The number of ether oxygens (including phenoxy) is 2. The van der Waals surface area contributed by atoms with Gasteiger partial charge in [-0.25, -0.2) is 4.98 Å². The van der Waals surface area contributed by atoms with Crippen LogP contribution in [0.25, 0.3) is 10.9 Å². The third kappa shape index (κ3) is 5.33. The first kappa shape index (κ1) is 19.9. The zero-order chi connectivity index (χ0) is 19.8. The van der Waals surface area contributed by atoms with Crippen LogP contribution in [-0.4, -0.2) is 36.3 Å². The van der Waals surface area contributed by atoms with Gasteiger partial charge in [0.15, 0.2) is 5.82 Å². The lowest BCUT2D eigenvalue weighted by atomic mass is 10.2. The summed E-state index contributed by atoms with van der Waals surface area (Å²) in [5.74, 6) is 2.40. The fourth-order valence-electron chi connectivity index (χ4n) is 3.01. The minimum atomic E-state index is -0.0855. The molecular weight excluding hydrogens is 354 g/mol. The molecule has 0 bridgehead atoms. The Morgan fingerprint density at radius 1 is 0.964 bits per heavy atom. The van der Waals surface area contributed by atoms with Crippen molar-refractivity contribution in [3.63, 3.8) is 0 Å². The maximum absolute atomic E-state index is 12.2. The maximum Gasteiger partial charge on any atom is 0.258 e. The number of nitrogens with one attached hydrogen (secondary N) is 2. The highest BCUT2D eigenvalue weighted by Crippen LogP contribution is 2.17. The van der Waals surface area contributed by atoms with Crippen molar-refractivity contribution in [2.24, 2.45) is 0 Å². The van der Waals surface area contributed by atoms with Crippen molar-refractivity contribution in [3.8, 4) is 11.5 Å². The smallest absolute Gasteiger partial charge is 0.258 e. The molecule has 2 N–H and O–H groups in total. The summed E-state index contributed by atoms with van der Waals surface area (Å²) < 4.78 is 11.4. The zero-order valence-electron chi connectivity index (χ0n) is 16.5. The van der Waals surface area contributed by atoms with E-state index in [1.165, 1.54) is 4.90 Å². The van der Waals surface area contributed by atoms with Gasteiger partial charge in [-0.05, 0) is 49.7 Å². The molecule has 0 saturated heterocycles. The number of benzene rings is 2. The van der Waals surface area contributed by atoms with E-state index in [9.17, 15) is 4.79 Å². The normalized spacial score (nSPS) is 12.1. The highest BCUT2D eigenvalue weighted by atomic mass is 16.5. The molecule has 0 amide bonds. The second-order valence-electron chi connectivity index (χ2n) is 6.73. The van der Waals surface area contributed by atoms with Crippen LogP contribution < -0.4 is 19.9 Å². The lowest BCUT2D eigenvalue weighted by Gasteiger charge is -2.17. The maximum atomic E-state index is 12.2. The topological polar surface area (TPSA) is 68.7 Å². The Morgan fingerprint density at radius 3 is 2.32 bits per heavy atom. The highest BCUT2D eigenvalue weighted by molar-refractivity contribution is 5.77. The number of nitrogens with zero attached hydrogens (tertiary/aromatic N) is 1. The van der Waals surface area contributed by atoms with Crippen molar-refractivity contribution in [2.45, 2.75) is 26.8 Å². The van der Waals surface area contributed by atoms with Gasteiger partial charge in [0.2, 0.25) is 0 Å². The summed E-state index contributed by atoms with van der Waals surface area (Å²) in [6, 6.07) is 15.1. The van der Waals surface area contributed by atoms with E-state index in [1.54, 1.807) is 6.07 Å². The van der Waals surface area contributed by atoms with Crippen LogP contribution in [-0.2, 0) is 6.54 Å². The van der Waals surface area contributed by atoms with Crippen LogP contribution in [0.1, 0.15) is 26.1 Å². The van der Waals surface area contributed by atoms with Gasteiger partial charge in [0, 0.05) is 0 Å². The monoisotopic (exact) mass is 382 g/mol. The molecule has 3 aromatic rings. The quantitative estimate of drug-likeness (QED) is 0.564. The van der Waals surface area contributed by atoms with Crippen LogP contribution in [0, 0.1) is 0 Å². The van der Waals surface area contributed by atoms with Crippen LogP contribution in [0.4, 0.5) is 0 Å². The first-order valence-electron chi connectivity index (χ1n) is 9.86.